The molecule has 0 amide bonds. The average Bonchev–Trinajstić information content (AvgIpc) is 3.37. The van der Waals surface area contributed by atoms with Gasteiger partial charge in [-0.3, -0.25) is 0 Å². The smallest absolute Gasteiger partial charge is 0.221 e. The molecular formula is C39H47N2+. The Morgan fingerprint density at radius 2 is 0.902 bits per heavy atom. The van der Waals surface area contributed by atoms with Gasteiger partial charge in [0.1, 0.15) is 11.4 Å². The van der Waals surface area contributed by atoms with Crippen LogP contribution in [0.4, 0.5) is 11.4 Å². The van der Waals surface area contributed by atoms with Gasteiger partial charge in [0.25, 0.3) is 0 Å². The van der Waals surface area contributed by atoms with Crippen LogP contribution in [0.25, 0.3) is 0 Å². The Balaban J connectivity index is 1.90. The Labute approximate surface area is 248 Å². The zero-order chi connectivity index (χ0) is 29.3. The van der Waals surface area contributed by atoms with Crippen LogP contribution in [0.5, 0.6) is 0 Å². The predicted molar refractivity (Wildman–Crippen MR) is 176 cm³/mol. The first-order valence-electron chi connectivity index (χ1n) is 15.5. The second-order valence-electron chi connectivity index (χ2n) is 12.8. The number of hydrogen-bond acceptors (Lipinski definition) is 1. The molecule has 0 aliphatic carbocycles. The zero-order valence-corrected chi connectivity index (χ0v) is 26.2. The number of anilines is 1. The van der Waals surface area contributed by atoms with Crippen LogP contribution >= 0.6 is 0 Å². The predicted octanol–water partition coefficient (Wildman–Crippen LogP) is 10.9. The standard InChI is InChI=1S/C39H47N2/c1-26(2)32-21-15-22-33(27(3)4)38(32)40-25-41(39-34(28(5)6)23-16-24-35(39)29(7)8)37(31-19-13-10-14-20-31)36(40)30-17-11-9-12-18-30/h9-29,36-37H,1-8H3/q+1/t36-,37?/m0/s1. The van der Waals surface area contributed by atoms with E-state index in [2.05, 4.69) is 168 Å². The molecule has 0 fully saturated rings. The minimum atomic E-state index is 0.108. The molecule has 5 rings (SSSR count). The third-order valence-corrected chi connectivity index (χ3v) is 8.63. The molecule has 1 aliphatic heterocycles. The molecule has 4 aromatic rings. The number of rotatable bonds is 8. The molecule has 1 unspecified atom stereocenters. The fourth-order valence-electron chi connectivity index (χ4n) is 6.58. The highest BCUT2D eigenvalue weighted by Gasteiger charge is 2.48. The molecule has 0 radical (unpaired) electrons. The largest absolute Gasteiger partial charge is 0.245 e. The summed E-state index contributed by atoms with van der Waals surface area (Å²) in [7, 11) is 0. The molecular weight excluding hydrogens is 496 g/mol. The van der Waals surface area contributed by atoms with Crippen molar-refractivity contribution in [1.82, 2.24) is 0 Å². The number of benzene rings is 4. The summed E-state index contributed by atoms with van der Waals surface area (Å²) in [6.07, 6.45) is 2.45. The van der Waals surface area contributed by atoms with Crippen LogP contribution in [0.3, 0.4) is 0 Å². The van der Waals surface area contributed by atoms with Crippen molar-refractivity contribution in [3.63, 3.8) is 0 Å². The van der Waals surface area contributed by atoms with Crippen LogP contribution in [-0.2, 0) is 0 Å². The maximum absolute atomic E-state index is 2.62. The van der Waals surface area contributed by atoms with Crippen molar-refractivity contribution >= 4 is 17.7 Å². The van der Waals surface area contributed by atoms with Gasteiger partial charge >= 0.3 is 0 Å². The fraction of sp³-hybridized carbons (Fsp3) is 0.359. The van der Waals surface area contributed by atoms with Crippen LogP contribution in [0.1, 0.15) is 125 Å². The Hall–Kier alpha value is -3.65. The van der Waals surface area contributed by atoms with Crippen molar-refractivity contribution in [3.05, 3.63) is 130 Å². The second kappa shape index (κ2) is 12.1. The van der Waals surface area contributed by atoms with Crippen LogP contribution in [0, 0.1) is 0 Å². The van der Waals surface area contributed by atoms with Crippen LogP contribution in [0.2, 0.25) is 0 Å². The molecule has 4 aromatic carbocycles. The average molecular weight is 544 g/mol. The van der Waals surface area contributed by atoms with Gasteiger partial charge in [-0.05, 0) is 23.7 Å². The van der Waals surface area contributed by atoms with E-state index in [1.807, 2.05) is 0 Å². The summed E-state index contributed by atoms with van der Waals surface area (Å²) in [5, 5.41) is 0. The first kappa shape index (κ1) is 28.9. The van der Waals surface area contributed by atoms with Gasteiger partial charge < -0.3 is 0 Å². The summed E-state index contributed by atoms with van der Waals surface area (Å²) >= 11 is 0. The van der Waals surface area contributed by atoms with Gasteiger partial charge in [-0.2, -0.15) is 0 Å². The summed E-state index contributed by atoms with van der Waals surface area (Å²) in [6.45, 7) is 18.6. The van der Waals surface area contributed by atoms with Gasteiger partial charge in [0.2, 0.25) is 6.34 Å². The van der Waals surface area contributed by atoms with Crippen molar-refractivity contribution in [2.75, 3.05) is 4.90 Å². The molecule has 41 heavy (non-hydrogen) atoms. The lowest BCUT2D eigenvalue weighted by atomic mass is 9.87. The highest BCUT2D eigenvalue weighted by Crippen LogP contribution is 2.50. The van der Waals surface area contributed by atoms with Crippen molar-refractivity contribution < 1.29 is 4.58 Å². The molecule has 1 aliphatic rings. The van der Waals surface area contributed by atoms with E-state index in [1.54, 1.807) is 0 Å². The molecule has 1 heterocycles. The summed E-state index contributed by atoms with van der Waals surface area (Å²) < 4.78 is 2.62. The molecule has 0 aromatic heterocycles. The van der Waals surface area contributed by atoms with E-state index < -0.39 is 0 Å². The summed E-state index contributed by atoms with van der Waals surface area (Å²) in [5.41, 5.74) is 11.0. The van der Waals surface area contributed by atoms with Crippen LogP contribution in [-0.4, -0.2) is 10.9 Å². The summed E-state index contributed by atoms with van der Waals surface area (Å²) in [5.74, 6) is 1.64. The van der Waals surface area contributed by atoms with E-state index in [0.29, 0.717) is 23.7 Å². The third kappa shape index (κ3) is 5.49. The molecule has 0 spiro atoms. The van der Waals surface area contributed by atoms with Crippen LogP contribution in [0.15, 0.2) is 97.1 Å². The zero-order valence-electron chi connectivity index (χ0n) is 26.2. The Morgan fingerprint density at radius 1 is 0.488 bits per heavy atom. The van der Waals surface area contributed by atoms with Gasteiger partial charge in [0.15, 0.2) is 12.1 Å². The minimum absolute atomic E-state index is 0.108. The molecule has 0 saturated heterocycles. The first-order chi connectivity index (χ1) is 19.7. The number of para-hydroxylation sites is 2. The van der Waals surface area contributed by atoms with Gasteiger partial charge in [-0.1, -0.05) is 152 Å². The second-order valence-corrected chi connectivity index (χ2v) is 12.8. The van der Waals surface area contributed by atoms with Gasteiger partial charge in [0.05, 0.1) is 0 Å². The lowest BCUT2D eigenvalue weighted by molar-refractivity contribution is -0.482. The molecule has 2 nitrogen and oxygen atoms in total. The highest BCUT2D eigenvalue weighted by molar-refractivity contribution is 5.84. The topological polar surface area (TPSA) is 6.25 Å². The van der Waals surface area contributed by atoms with E-state index in [1.165, 1.54) is 44.8 Å². The summed E-state index contributed by atoms with van der Waals surface area (Å²) in [6, 6.07) is 36.4. The first-order valence-corrected chi connectivity index (χ1v) is 15.5. The normalized spacial score (nSPS) is 17.3. The van der Waals surface area contributed by atoms with Gasteiger partial charge in [-0.25, -0.2) is 9.48 Å². The molecule has 0 saturated carbocycles. The van der Waals surface area contributed by atoms with E-state index >= 15 is 0 Å². The molecule has 2 heteroatoms. The lowest BCUT2D eigenvalue weighted by Gasteiger charge is -2.29. The molecule has 212 valence electrons. The van der Waals surface area contributed by atoms with Gasteiger partial charge in [-0.15, -0.1) is 0 Å². The van der Waals surface area contributed by atoms with Crippen molar-refractivity contribution in [2.45, 2.75) is 91.1 Å². The highest BCUT2D eigenvalue weighted by atomic mass is 15.3. The lowest BCUT2D eigenvalue weighted by Crippen LogP contribution is -2.28. The molecule has 0 N–H and O–H groups in total. The van der Waals surface area contributed by atoms with Crippen molar-refractivity contribution in [2.24, 2.45) is 0 Å². The monoisotopic (exact) mass is 543 g/mol. The molecule has 2 atom stereocenters. The number of nitrogens with zero attached hydrogens (tertiary/aromatic N) is 2. The fourth-order valence-corrected chi connectivity index (χ4v) is 6.58. The quantitative estimate of drug-likeness (QED) is 0.200. The third-order valence-electron chi connectivity index (χ3n) is 8.63. The van der Waals surface area contributed by atoms with Crippen LogP contribution < -0.4 is 4.90 Å². The van der Waals surface area contributed by atoms with Gasteiger partial charge in [0, 0.05) is 33.4 Å². The molecule has 0 bridgehead atoms. The van der Waals surface area contributed by atoms with E-state index in [9.17, 15) is 0 Å². The Morgan fingerprint density at radius 3 is 1.34 bits per heavy atom. The van der Waals surface area contributed by atoms with Crippen molar-refractivity contribution in [1.29, 1.82) is 0 Å². The van der Waals surface area contributed by atoms with E-state index in [-0.39, 0.29) is 12.1 Å². The van der Waals surface area contributed by atoms with Crippen molar-refractivity contribution in [3.8, 4) is 0 Å². The van der Waals surface area contributed by atoms with E-state index in [4.69, 9.17) is 0 Å². The Kier molecular flexibility index (Phi) is 8.50. The Bertz CT molecular complexity index is 1440. The SMILES string of the molecule is CC(C)c1cccc(C(C)C)c1N1C=[N+](c2c(C(C)C)cccc2C(C)C)[C@@H](c2ccccc2)C1c1ccccc1. The van der Waals surface area contributed by atoms with E-state index in [0.717, 1.165) is 0 Å². The maximum atomic E-state index is 2.62. The maximum Gasteiger partial charge on any atom is 0.245 e. The minimum Gasteiger partial charge on any atom is -0.221 e. The summed E-state index contributed by atoms with van der Waals surface area (Å²) in [4.78, 5) is 2.62. The number of hydrogen-bond donors (Lipinski definition) is 0.